The Kier molecular flexibility index (Phi) is 5.95. The third-order valence-electron chi connectivity index (χ3n) is 6.86. The van der Waals surface area contributed by atoms with Gasteiger partial charge in [-0.2, -0.15) is 0 Å². The zero-order chi connectivity index (χ0) is 20.5. The maximum absolute atomic E-state index is 13.3. The summed E-state index contributed by atoms with van der Waals surface area (Å²) in [5.74, 6) is -2.42. The molecule has 1 amide bonds. The Balaban J connectivity index is 1.61. The van der Waals surface area contributed by atoms with E-state index in [-0.39, 0.29) is 23.7 Å². The highest BCUT2D eigenvalue weighted by atomic mass is 32.1. The molecule has 29 heavy (non-hydrogen) atoms. The van der Waals surface area contributed by atoms with Gasteiger partial charge in [-0.1, -0.05) is 6.92 Å². The number of thiophene rings is 1. The van der Waals surface area contributed by atoms with Crippen molar-refractivity contribution in [3.05, 3.63) is 16.0 Å². The quantitative estimate of drug-likeness (QED) is 0.672. The van der Waals surface area contributed by atoms with Gasteiger partial charge < -0.3 is 15.2 Å². The highest BCUT2D eigenvalue weighted by Gasteiger charge is 2.50. The van der Waals surface area contributed by atoms with Gasteiger partial charge in [-0.05, 0) is 75.2 Å². The number of carboxylic acids is 1. The molecule has 4 aliphatic carbocycles. The van der Waals surface area contributed by atoms with Crippen LogP contribution in [0.2, 0.25) is 0 Å². The van der Waals surface area contributed by atoms with Crippen LogP contribution >= 0.6 is 11.3 Å². The van der Waals surface area contributed by atoms with Crippen molar-refractivity contribution >= 4 is 34.2 Å². The monoisotopic (exact) mass is 419 g/mol. The summed E-state index contributed by atoms with van der Waals surface area (Å²) >= 11 is 1.47. The Labute approximate surface area is 175 Å². The average molecular weight is 420 g/mol. The van der Waals surface area contributed by atoms with Crippen molar-refractivity contribution in [2.24, 2.45) is 23.7 Å². The molecule has 1 aromatic rings. The molecule has 0 unspecified atom stereocenters. The van der Waals surface area contributed by atoms with Gasteiger partial charge in [0.25, 0.3) is 0 Å². The third-order valence-corrected chi connectivity index (χ3v) is 8.06. The number of esters is 1. The van der Waals surface area contributed by atoms with E-state index in [0.717, 1.165) is 68.2 Å². The summed E-state index contributed by atoms with van der Waals surface area (Å²) in [4.78, 5) is 39.1. The topological polar surface area (TPSA) is 92.7 Å². The van der Waals surface area contributed by atoms with E-state index in [1.54, 1.807) is 0 Å². The largest absolute Gasteiger partial charge is 0.481 e. The molecular weight excluding hydrogens is 390 g/mol. The standard InChI is InChI=1S/C22H29NO5S/c1-2-11-28-22(27)18-14-5-3-4-6-15(14)29-20(18)23-19(24)16-12-7-9-13(10-8-12)17(16)21(25)26/h12-13,16-17H,2-11H2,1H3,(H,23,24)(H,25,26)/t12?,13?,16-,17-/m1/s1. The van der Waals surface area contributed by atoms with E-state index >= 15 is 0 Å². The molecule has 0 radical (unpaired) electrons. The van der Waals surface area contributed by atoms with Gasteiger partial charge in [0.1, 0.15) is 5.00 Å². The molecular formula is C22H29NO5S. The Bertz CT molecular complexity index is 808. The number of rotatable bonds is 6. The van der Waals surface area contributed by atoms with Crippen molar-refractivity contribution in [2.75, 3.05) is 11.9 Å². The lowest BCUT2D eigenvalue weighted by Crippen LogP contribution is -2.49. The minimum atomic E-state index is -0.868. The van der Waals surface area contributed by atoms with E-state index in [2.05, 4.69) is 5.32 Å². The molecule has 2 N–H and O–H groups in total. The number of amides is 1. The number of aryl methyl sites for hydroxylation is 1. The lowest BCUT2D eigenvalue weighted by Gasteiger charge is -2.45. The lowest BCUT2D eigenvalue weighted by molar-refractivity contribution is -0.156. The molecule has 2 bridgehead atoms. The molecule has 7 heteroatoms. The van der Waals surface area contributed by atoms with Crippen LogP contribution in [0.3, 0.4) is 0 Å². The number of fused-ring (bicyclic) bond motifs is 4. The van der Waals surface area contributed by atoms with Gasteiger partial charge in [0.15, 0.2) is 0 Å². The minimum absolute atomic E-state index is 0.0822. The predicted octanol–water partition coefficient (Wildman–Crippen LogP) is 4.27. The summed E-state index contributed by atoms with van der Waals surface area (Å²) in [6.07, 6.45) is 8.21. The van der Waals surface area contributed by atoms with Crippen LogP contribution in [0.25, 0.3) is 0 Å². The first-order chi connectivity index (χ1) is 14.0. The normalized spacial score (nSPS) is 27.9. The molecule has 6 nitrogen and oxygen atoms in total. The molecule has 0 aromatic carbocycles. The number of aliphatic carboxylic acids is 1. The van der Waals surface area contributed by atoms with Crippen molar-refractivity contribution in [3.8, 4) is 0 Å². The number of carboxylic acid groups (broad SMARTS) is 1. The van der Waals surface area contributed by atoms with Crippen molar-refractivity contribution in [1.82, 2.24) is 0 Å². The summed E-state index contributed by atoms with van der Waals surface area (Å²) < 4.78 is 5.40. The summed E-state index contributed by atoms with van der Waals surface area (Å²) in [5.41, 5.74) is 1.51. The second-order valence-electron chi connectivity index (χ2n) is 8.60. The SMILES string of the molecule is CCCOC(=O)c1c(NC(=O)[C@@H]2C3CCC(CC3)[C@H]2C(=O)O)sc2c1CCCC2. The van der Waals surface area contributed by atoms with E-state index in [0.29, 0.717) is 17.2 Å². The van der Waals surface area contributed by atoms with E-state index in [9.17, 15) is 19.5 Å². The second kappa shape index (κ2) is 8.46. The summed E-state index contributed by atoms with van der Waals surface area (Å²) in [6, 6.07) is 0. The zero-order valence-electron chi connectivity index (χ0n) is 16.9. The first-order valence-corrected chi connectivity index (χ1v) is 11.7. The van der Waals surface area contributed by atoms with Crippen LogP contribution in [0.4, 0.5) is 5.00 Å². The van der Waals surface area contributed by atoms with Crippen LogP contribution in [0.15, 0.2) is 0 Å². The van der Waals surface area contributed by atoms with Gasteiger partial charge in [-0.25, -0.2) is 4.79 Å². The predicted molar refractivity (Wildman–Crippen MR) is 110 cm³/mol. The Morgan fingerprint density at radius 2 is 1.72 bits per heavy atom. The first-order valence-electron chi connectivity index (χ1n) is 10.9. The molecule has 1 aromatic heterocycles. The van der Waals surface area contributed by atoms with Crippen molar-refractivity contribution in [1.29, 1.82) is 0 Å². The number of nitrogens with one attached hydrogen (secondary N) is 1. The van der Waals surface area contributed by atoms with Gasteiger partial charge in [-0.15, -0.1) is 11.3 Å². The Morgan fingerprint density at radius 3 is 2.38 bits per heavy atom. The molecule has 0 spiro atoms. The van der Waals surface area contributed by atoms with Crippen LogP contribution in [0.1, 0.15) is 72.7 Å². The fourth-order valence-corrected chi connectivity index (χ4v) is 6.79. The van der Waals surface area contributed by atoms with Gasteiger partial charge in [0, 0.05) is 4.88 Å². The van der Waals surface area contributed by atoms with Crippen LogP contribution in [0, 0.1) is 23.7 Å². The molecule has 0 aliphatic heterocycles. The molecule has 158 valence electrons. The fourth-order valence-electron chi connectivity index (χ4n) is 5.51. The van der Waals surface area contributed by atoms with Gasteiger partial charge in [-0.3, -0.25) is 9.59 Å². The molecule has 4 aliphatic rings. The van der Waals surface area contributed by atoms with E-state index < -0.39 is 17.8 Å². The van der Waals surface area contributed by atoms with Crippen molar-refractivity contribution in [3.63, 3.8) is 0 Å². The highest BCUT2D eigenvalue weighted by molar-refractivity contribution is 7.17. The van der Waals surface area contributed by atoms with E-state index in [4.69, 9.17) is 4.74 Å². The van der Waals surface area contributed by atoms with Gasteiger partial charge >= 0.3 is 11.9 Å². The first kappa shape index (κ1) is 20.4. The van der Waals surface area contributed by atoms with Crippen molar-refractivity contribution in [2.45, 2.75) is 64.7 Å². The summed E-state index contributed by atoms with van der Waals surface area (Å²) in [6.45, 7) is 2.30. The molecule has 1 heterocycles. The molecule has 0 saturated heterocycles. The Hall–Kier alpha value is -1.89. The number of hydrogen-bond acceptors (Lipinski definition) is 5. The Morgan fingerprint density at radius 1 is 1.07 bits per heavy atom. The average Bonchev–Trinajstić information content (AvgIpc) is 3.09. The fraction of sp³-hybridized carbons (Fsp3) is 0.682. The minimum Gasteiger partial charge on any atom is -0.481 e. The lowest BCUT2D eigenvalue weighted by atomic mass is 9.58. The number of carbonyl (C=O) groups is 3. The van der Waals surface area contributed by atoms with Crippen molar-refractivity contribution < 1.29 is 24.2 Å². The van der Waals surface area contributed by atoms with Crippen LogP contribution in [-0.2, 0) is 27.2 Å². The maximum atomic E-state index is 13.3. The summed E-state index contributed by atoms with van der Waals surface area (Å²) in [5, 5.41) is 13.3. The molecule has 5 rings (SSSR count). The molecule has 3 fully saturated rings. The van der Waals surface area contributed by atoms with E-state index in [1.165, 1.54) is 11.3 Å². The number of hydrogen-bond donors (Lipinski definition) is 2. The summed E-state index contributed by atoms with van der Waals surface area (Å²) in [7, 11) is 0. The third kappa shape index (κ3) is 3.81. The number of carbonyl (C=O) groups excluding carboxylic acids is 2. The molecule has 3 saturated carbocycles. The molecule has 2 atom stereocenters. The number of anilines is 1. The second-order valence-corrected chi connectivity index (χ2v) is 9.71. The highest BCUT2D eigenvalue weighted by Crippen LogP contribution is 2.50. The van der Waals surface area contributed by atoms with Gasteiger partial charge in [0.05, 0.1) is 24.0 Å². The van der Waals surface area contributed by atoms with E-state index in [1.807, 2.05) is 6.92 Å². The maximum Gasteiger partial charge on any atom is 0.341 e. The van der Waals surface area contributed by atoms with Gasteiger partial charge in [0.2, 0.25) is 5.91 Å². The van der Waals surface area contributed by atoms with Crippen LogP contribution in [0.5, 0.6) is 0 Å². The zero-order valence-corrected chi connectivity index (χ0v) is 17.7. The smallest absolute Gasteiger partial charge is 0.341 e. The van der Waals surface area contributed by atoms with Crippen LogP contribution in [-0.4, -0.2) is 29.6 Å². The number of ether oxygens (including phenoxy) is 1. The van der Waals surface area contributed by atoms with Crippen LogP contribution < -0.4 is 5.32 Å².